The molecule has 2 N–H and O–H groups in total. The van der Waals surface area contributed by atoms with Crippen LogP contribution in [0.25, 0.3) is 0 Å². The molecule has 2 rings (SSSR count). The van der Waals surface area contributed by atoms with E-state index in [1.165, 1.54) is 6.54 Å². The molecule has 1 saturated heterocycles. The summed E-state index contributed by atoms with van der Waals surface area (Å²) in [6, 6.07) is 10.3. The van der Waals surface area contributed by atoms with Crippen LogP contribution >= 0.6 is 24.0 Å². The van der Waals surface area contributed by atoms with E-state index >= 15 is 0 Å². The van der Waals surface area contributed by atoms with E-state index in [1.54, 1.807) is 0 Å². The van der Waals surface area contributed by atoms with Crippen molar-refractivity contribution in [2.45, 2.75) is 46.2 Å². The Morgan fingerprint density at radius 1 is 1.27 bits per heavy atom. The van der Waals surface area contributed by atoms with Crippen LogP contribution in [0.3, 0.4) is 0 Å². The lowest BCUT2D eigenvalue weighted by molar-refractivity contribution is 0.187. The van der Waals surface area contributed by atoms with E-state index in [0.717, 1.165) is 49.9 Å². The molecule has 0 radical (unpaired) electrons. The molecule has 0 bridgehead atoms. The Bertz CT molecular complexity index is 583. The Morgan fingerprint density at radius 2 is 1.92 bits per heavy atom. The summed E-state index contributed by atoms with van der Waals surface area (Å²) in [6.07, 6.45) is 2.32. The second kappa shape index (κ2) is 12.1. The molecular weight excluding hydrogens is 437 g/mol. The number of hydrogen-bond donors (Lipinski definition) is 2. The number of nitrogens with zero attached hydrogens (tertiary/aromatic N) is 3. The minimum atomic E-state index is 0. The minimum Gasteiger partial charge on any atom is -0.357 e. The Labute approximate surface area is 175 Å². The van der Waals surface area contributed by atoms with E-state index in [0.29, 0.717) is 18.2 Å². The molecule has 1 aliphatic heterocycles. The monoisotopic (exact) mass is 469 g/mol. The average Bonchev–Trinajstić information content (AvgIpc) is 2.61. The zero-order chi connectivity index (χ0) is 18.1. The molecule has 144 valence electrons. The minimum absolute atomic E-state index is 0. The molecule has 1 heterocycles. The predicted octanol–water partition coefficient (Wildman–Crippen LogP) is 3.35. The average molecular weight is 469 g/mol. The van der Waals surface area contributed by atoms with Gasteiger partial charge in [0.1, 0.15) is 0 Å². The third-order valence-electron chi connectivity index (χ3n) is 4.40. The topological polar surface area (TPSA) is 63.5 Å². The van der Waals surface area contributed by atoms with Gasteiger partial charge in [0.05, 0.1) is 18.2 Å². The molecule has 0 aromatic heterocycles. The molecular formula is C20H32IN5. The highest BCUT2D eigenvalue weighted by molar-refractivity contribution is 14.0. The van der Waals surface area contributed by atoms with Gasteiger partial charge in [0, 0.05) is 32.2 Å². The van der Waals surface area contributed by atoms with Gasteiger partial charge in [-0.3, -0.25) is 0 Å². The van der Waals surface area contributed by atoms with Crippen LogP contribution in [0.4, 0.5) is 0 Å². The summed E-state index contributed by atoms with van der Waals surface area (Å²) in [5.41, 5.74) is 1.80. The molecule has 1 aromatic rings. The Kier molecular flexibility index (Phi) is 10.6. The molecule has 0 amide bonds. The summed E-state index contributed by atoms with van der Waals surface area (Å²) in [4.78, 5) is 7.26. The van der Waals surface area contributed by atoms with Crippen LogP contribution in [0, 0.1) is 17.2 Å². The third kappa shape index (κ3) is 7.92. The zero-order valence-corrected chi connectivity index (χ0v) is 18.5. The molecule has 6 heteroatoms. The van der Waals surface area contributed by atoms with Crippen LogP contribution in [0.5, 0.6) is 0 Å². The Balaban J connectivity index is 0.00000338. The van der Waals surface area contributed by atoms with Crippen LogP contribution < -0.4 is 10.6 Å². The zero-order valence-electron chi connectivity index (χ0n) is 16.2. The highest BCUT2D eigenvalue weighted by Crippen LogP contribution is 2.12. The molecule has 26 heavy (non-hydrogen) atoms. The highest BCUT2D eigenvalue weighted by atomic mass is 127. The van der Waals surface area contributed by atoms with Gasteiger partial charge in [0.2, 0.25) is 0 Å². The van der Waals surface area contributed by atoms with Crippen molar-refractivity contribution >= 4 is 29.9 Å². The molecule has 5 nitrogen and oxygen atoms in total. The first-order valence-corrected chi connectivity index (χ1v) is 9.37. The van der Waals surface area contributed by atoms with Crippen LogP contribution in [0.2, 0.25) is 0 Å². The smallest absolute Gasteiger partial charge is 0.191 e. The number of nitriles is 1. The number of guanidine groups is 1. The molecule has 1 aliphatic rings. The maximum Gasteiger partial charge on any atom is 0.191 e. The summed E-state index contributed by atoms with van der Waals surface area (Å²) >= 11 is 0. The molecule has 1 fully saturated rings. The van der Waals surface area contributed by atoms with Gasteiger partial charge < -0.3 is 15.5 Å². The lowest BCUT2D eigenvalue weighted by atomic mass is 10.0. The summed E-state index contributed by atoms with van der Waals surface area (Å²) in [5, 5.41) is 15.8. The van der Waals surface area contributed by atoms with Crippen molar-refractivity contribution in [1.29, 1.82) is 5.26 Å². The van der Waals surface area contributed by atoms with Crippen molar-refractivity contribution in [3.05, 3.63) is 35.4 Å². The van der Waals surface area contributed by atoms with Crippen LogP contribution in [0.1, 0.15) is 44.7 Å². The van der Waals surface area contributed by atoms with Gasteiger partial charge in [-0.25, -0.2) is 4.99 Å². The molecule has 0 saturated carbocycles. The van der Waals surface area contributed by atoms with Crippen molar-refractivity contribution in [1.82, 2.24) is 15.5 Å². The van der Waals surface area contributed by atoms with Crippen molar-refractivity contribution in [3.8, 4) is 6.07 Å². The summed E-state index contributed by atoms with van der Waals surface area (Å²) in [5.74, 6) is 1.62. The molecule has 0 aliphatic carbocycles. The maximum atomic E-state index is 8.86. The first-order valence-electron chi connectivity index (χ1n) is 9.37. The summed E-state index contributed by atoms with van der Waals surface area (Å²) in [7, 11) is 0. The van der Waals surface area contributed by atoms with E-state index < -0.39 is 0 Å². The van der Waals surface area contributed by atoms with E-state index in [9.17, 15) is 0 Å². The van der Waals surface area contributed by atoms with Crippen LogP contribution in [-0.2, 0) is 6.54 Å². The van der Waals surface area contributed by atoms with E-state index in [-0.39, 0.29) is 24.0 Å². The summed E-state index contributed by atoms with van der Waals surface area (Å²) in [6.45, 7) is 11.6. The second-order valence-electron chi connectivity index (χ2n) is 7.12. The van der Waals surface area contributed by atoms with Crippen molar-refractivity contribution < 1.29 is 0 Å². The van der Waals surface area contributed by atoms with E-state index in [4.69, 9.17) is 10.3 Å². The molecule has 0 atom stereocenters. The first kappa shape index (κ1) is 22.7. The fourth-order valence-electron chi connectivity index (χ4n) is 3.14. The van der Waals surface area contributed by atoms with Gasteiger partial charge in [-0.1, -0.05) is 26.0 Å². The van der Waals surface area contributed by atoms with E-state index in [1.807, 2.05) is 24.3 Å². The Hall–Kier alpha value is -1.33. The van der Waals surface area contributed by atoms with Crippen LogP contribution in [0.15, 0.2) is 29.3 Å². The number of nitrogens with one attached hydrogen (secondary N) is 2. The fraction of sp³-hybridized carbons (Fsp3) is 0.600. The quantitative estimate of drug-likeness (QED) is 0.381. The van der Waals surface area contributed by atoms with Crippen LogP contribution in [-0.4, -0.2) is 43.1 Å². The number of likely N-dealkylation sites (tertiary alicyclic amines) is 1. The lowest BCUT2D eigenvalue weighted by Crippen LogP contribution is -2.49. The largest absolute Gasteiger partial charge is 0.357 e. The fourth-order valence-corrected chi connectivity index (χ4v) is 3.14. The number of benzene rings is 1. The van der Waals surface area contributed by atoms with E-state index in [2.05, 4.69) is 42.4 Å². The summed E-state index contributed by atoms with van der Waals surface area (Å²) < 4.78 is 0. The normalized spacial score (nSPS) is 16.0. The standard InChI is InChI=1S/C20H31N5.HI/c1-4-22-20(23-14-18-7-5-17(13-21)6-8-18)24-19-9-11-25(12-10-19)15-16(2)3;/h5-8,16,19H,4,9-12,14-15H2,1-3H3,(H2,22,23,24);1H. The van der Waals surface area contributed by atoms with Gasteiger partial charge in [-0.15, -0.1) is 24.0 Å². The second-order valence-corrected chi connectivity index (χ2v) is 7.12. The lowest BCUT2D eigenvalue weighted by Gasteiger charge is -2.34. The van der Waals surface area contributed by atoms with Crippen molar-refractivity contribution in [2.24, 2.45) is 10.9 Å². The van der Waals surface area contributed by atoms with Crippen molar-refractivity contribution in [3.63, 3.8) is 0 Å². The highest BCUT2D eigenvalue weighted by Gasteiger charge is 2.20. The maximum absolute atomic E-state index is 8.86. The number of piperidine rings is 1. The van der Waals surface area contributed by atoms with Gasteiger partial charge in [0.15, 0.2) is 5.96 Å². The Morgan fingerprint density at radius 3 is 2.46 bits per heavy atom. The third-order valence-corrected chi connectivity index (χ3v) is 4.40. The predicted molar refractivity (Wildman–Crippen MR) is 119 cm³/mol. The van der Waals surface area contributed by atoms with Crippen molar-refractivity contribution in [2.75, 3.05) is 26.2 Å². The SMILES string of the molecule is CCNC(=NCc1ccc(C#N)cc1)NC1CCN(CC(C)C)CC1.I. The van der Waals surface area contributed by atoms with Gasteiger partial charge in [-0.05, 0) is 43.4 Å². The number of hydrogen-bond acceptors (Lipinski definition) is 3. The van der Waals surface area contributed by atoms with Gasteiger partial charge in [0.25, 0.3) is 0 Å². The molecule has 1 aromatic carbocycles. The van der Waals surface area contributed by atoms with Gasteiger partial charge >= 0.3 is 0 Å². The van der Waals surface area contributed by atoms with Gasteiger partial charge in [-0.2, -0.15) is 5.26 Å². The number of halogens is 1. The first-order chi connectivity index (χ1) is 12.1. The molecule has 0 spiro atoms. The number of rotatable bonds is 6. The number of aliphatic imine (C=N–C) groups is 1. The molecule has 0 unspecified atom stereocenters.